The first-order chi connectivity index (χ1) is 10.7. The fourth-order valence-electron chi connectivity index (χ4n) is 3.16. The Morgan fingerprint density at radius 1 is 1.35 bits per heavy atom. The normalized spacial score (nSPS) is 20.2. The number of aromatic nitrogens is 2. The molecule has 0 saturated carbocycles. The highest BCUT2D eigenvalue weighted by atomic mass is 16.6. The molecule has 1 fully saturated rings. The van der Waals surface area contributed by atoms with E-state index in [1.807, 2.05) is 20.8 Å². The van der Waals surface area contributed by atoms with E-state index < -0.39 is 11.2 Å². The van der Waals surface area contributed by atoms with Gasteiger partial charge in [0.2, 0.25) is 0 Å². The average molecular weight is 321 g/mol. The van der Waals surface area contributed by atoms with Crippen LogP contribution in [0.5, 0.6) is 5.75 Å². The summed E-state index contributed by atoms with van der Waals surface area (Å²) in [6.45, 7) is 6.60. The van der Waals surface area contributed by atoms with Crippen LogP contribution < -0.4 is 4.74 Å². The zero-order chi connectivity index (χ0) is 16.8. The van der Waals surface area contributed by atoms with Crippen LogP contribution in [0.3, 0.4) is 0 Å². The fourth-order valence-corrected chi connectivity index (χ4v) is 3.16. The summed E-state index contributed by atoms with van der Waals surface area (Å²) in [6.07, 6.45) is 2.85. The summed E-state index contributed by atoms with van der Waals surface area (Å²) < 4.78 is 13.1. The quantitative estimate of drug-likeness (QED) is 0.732. The fraction of sp³-hybridized carbons (Fsp3) is 0.688. The van der Waals surface area contributed by atoms with Gasteiger partial charge in [0, 0.05) is 33.0 Å². The van der Waals surface area contributed by atoms with Crippen molar-refractivity contribution in [1.29, 1.82) is 0 Å². The molecule has 1 aromatic heterocycles. The molecule has 0 atom stereocenters. The summed E-state index contributed by atoms with van der Waals surface area (Å²) in [7, 11) is 1.74. The maximum Gasteiger partial charge on any atom is 0.410 e. The van der Waals surface area contributed by atoms with Crippen LogP contribution >= 0.6 is 0 Å². The largest absolute Gasteiger partial charge is 0.483 e. The van der Waals surface area contributed by atoms with Crippen molar-refractivity contribution in [3.63, 3.8) is 0 Å². The van der Waals surface area contributed by atoms with Crippen LogP contribution in [0.2, 0.25) is 0 Å². The van der Waals surface area contributed by atoms with Crippen molar-refractivity contribution in [2.24, 2.45) is 7.05 Å². The lowest BCUT2D eigenvalue weighted by atomic mass is 9.84. The highest BCUT2D eigenvalue weighted by Crippen LogP contribution is 2.39. The van der Waals surface area contributed by atoms with E-state index in [2.05, 4.69) is 5.10 Å². The first kappa shape index (κ1) is 15.8. The molecule has 0 aromatic carbocycles. The molecule has 0 bridgehead atoms. The van der Waals surface area contributed by atoms with E-state index in [0.717, 1.165) is 0 Å². The molecule has 2 aliphatic rings. The van der Waals surface area contributed by atoms with Gasteiger partial charge in [-0.1, -0.05) is 0 Å². The van der Waals surface area contributed by atoms with Gasteiger partial charge in [0.1, 0.15) is 16.9 Å². The lowest BCUT2D eigenvalue weighted by Gasteiger charge is -2.43. The number of amides is 1. The van der Waals surface area contributed by atoms with Crippen molar-refractivity contribution < 1.29 is 19.1 Å². The van der Waals surface area contributed by atoms with E-state index in [-0.39, 0.29) is 11.9 Å². The lowest BCUT2D eigenvalue weighted by Crippen LogP contribution is -2.53. The number of likely N-dealkylation sites (tertiary alicyclic amines) is 1. The standard InChI is InChI=1S/C16H23N3O4/c1-15(2,3)23-14(21)19-7-5-16(6-8-19)9-11(20)13-12(22-16)10-17-18(13)4/h10H,5-9H2,1-4H3. The second-order valence-corrected chi connectivity index (χ2v) is 7.33. The van der Waals surface area contributed by atoms with E-state index in [4.69, 9.17) is 9.47 Å². The number of piperidine rings is 1. The maximum atomic E-state index is 12.4. The minimum Gasteiger partial charge on any atom is -0.483 e. The summed E-state index contributed by atoms with van der Waals surface area (Å²) in [5.74, 6) is 0.603. The van der Waals surface area contributed by atoms with Gasteiger partial charge in [0.05, 0.1) is 12.6 Å². The smallest absolute Gasteiger partial charge is 0.410 e. The van der Waals surface area contributed by atoms with Gasteiger partial charge in [-0.25, -0.2) is 4.79 Å². The molecule has 0 N–H and O–H groups in total. The number of hydrogen-bond donors (Lipinski definition) is 0. The predicted molar refractivity (Wildman–Crippen MR) is 82.6 cm³/mol. The van der Waals surface area contributed by atoms with Gasteiger partial charge in [-0.15, -0.1) is 0 Å². The molecule has 1 aromatic rings. The van der Waals surface area contributed by atoms with Crippen molar-refractivity contribution >= 4 is 11.9 Å². The third kappa shape index (κ3) is 3.04. The number of hydrogen-bond acceptors (Lipinski definition) is 5. The number of ether oxygens (including phenoxy) is 2. The molecule has 2 aliphatic heterocycles. The summed E-state index contributed by atoms with van der Waals surface area (Å²) in [4.78, 5) is 26.2. The SMILES string of the molecule is Cn1ncc2c1C(=O)CC1(CCN(C(=O)OC(C)(C)C)CC1)O2. The van der Waals surface area contributed by atoms with Crippen LogP contribution in [0.15, 0.2) is 6.20 Å². The van der Waals surface area contributed by atoms with E-state index in [9.17, 15) is 9.59 Å². The maximum absolute atomic E-state index is 12.4. The second kappa shape index (κ2) is 5.25. The first-order valence-electron chi connectivity index (χ1n) is 7.91. The van der Waals surface area contributed by atoms with Gasteiger partial charge < -0.3 is 14.4 Å². The Bertz CT molecular complexity index is 636. The van der Waals surface area contributed by atoms with Crippen molar-refractivity contribution in [1.82, 2.24) is 14.7 Å². The van der Waals surface area contributed by atoms with Crippen molar-refractivity contribution in [3.05, 3.63) is 11.9 Å². The molecule has 1 spiro atoms. The first-order valence-corrected chi connectivity index (χ1v) is 7.91. The third-order valence-electron chi connectivity index (χ3n) is 4.30. The molecule has 7 nitrogen and oxygen atoms in total. The van der Waals surface area contributed by atoms with Crippen LogP contribution in [0.1, 0.15) is 50.5 Å². The molecule has 1 saturated heterocycles. The number of aryl methyl sites for hydroxylation is 1. The van der Waals surface area contributed by atoms with Gasteiger partial charge in [-0.3, -0.25) is 9.48 Å². The third-order valence-corrected chi connectivity index (χ3v) is 4.30. The van der Waals surface area contributed by atoms with Crippen LogP contribution in [0.25, 0.3) is 0 Å². The molecule has 0 radical (unpaired) electrons. The van der Waals surface area contributed by atoms with Crippen molar-refractivity contribution in [3.8, 4) is 5.75 Å². The number of nitrogens with zero attached hydrogens (tertiary/aromatic N) is 3. The lowest BCUT2D eigenvalue weighted by molar-refractivity contribution is -0.0228. The summed E-state index contributed by atoms with van der Waals surface area (Å²) >= 11 is 0. The zero-order valence-electron chi connectivity index (χ0n) is 14.1. The van der Waals surface area contributed by atoms with Gasteiger partial charge >= 0.3 is 6.09 Å². The molecule has 0 aliphatic carbocycles. The molecule has 3 rings (SSSR count). The molecule has 1 amide bonds. The molecule has 0 unspecified atom stereocenters. The topological polar surface area (TPSA) is 73.7 Å². The minimum absolute atomic E-state index is 0.0527. The summed E-state index contributed by atoms with van der Waals surface area (Å²) in [6, 6.07) is 0. The van der Waals surface area contributed by atoms with Gasteiger partial charge in [0.15, 0.2) is 11.5 Å². The molecule has 23 heavy (non-hydrogen) atoms. The van der Waals surface area contributed by atoms with Crippen molar-refractivity contribution in [2.75, 3.05) is 13.1 Å². The number of ketones is 1. The van der Waals surface area contributed by atoms with Crippen molar-refractivity contribution in [2.45, 2.75) is 51.2 Å². The highest BCUT2D eigenvalue weighted by Gasteiger charge is 2.45. The Morgan fingerprint density at radius 3 is 2.61 bits per heavy atom. The Morgan fingerprint density at radius 2 is 2.00 bits per heavy atom. The second-order valence-electron chi connectivity index (χ2n) is 7.33. The number of carbonyl (C=O) groups is 2. The Labute approximate surface area is 135 Å². The highest BCUT2D eigenvalue weighted by molar-refractivity contribution is 5.98. The summed E-state index contributed by atoms with van der Waals surface area (Å²) in [5.41, 5.74) is -0.495. The zero-order valence-corrected chi connectivity index (χ0v) is 14.1. The molecule has 126 valence electrons. The number of fused-ring (bicyclic) bond motifs is 1. The van der Waals surface area contributed by atoms with Gasteiger partial charge in [0.25, 0.3) is 0 Å². The molecule has 7 heteroatoms. The number of Topliss-reactive ketones (excluding diaryl/α,β-unsaturated/α-hetero) is 1. The van der Waals surface area contributed by atoms with Crippen LogP contribution in [0.4, 0.5) is 4.79 Å². The molecule has 3 heterocycles. The Hall–Kier alpha value is -2.05. The summed E-state index contributed by atoms with van der Waals surface area (Å²) in [5, 5.41) is 4.10. The Kier molecular flexibility index (Phi) is 3.61. The Balaban J connectivity index is 1.67. The van der Waals surface area contributed by atoms with E-state index in [0.29, 0.717) is 43.8 Å². The molecular weight excluding hydrogens is 298 g/mol. The van der Waals surface area contributed by atoms with E-state index in [1.165, 1.54) is 0 Å². The number of rotatable bonds is 0. The molecular formula is C16H23N3O4. The van der Waals surface area contributed by atoms with Crippen LogP contribution in [0, 0.1) is 0 Å². The number of carbonyl (C=O) groups excluding carboxylic acids is 2. The minimum atomic E-state index is -0.522. The van der Waals surface area contributed by atoms with Crippen LogP contribution in [-0.4, -0.2) is 50.8 Å². The van der Waals surface area contributed by atoms with E-state index >= 15 is 0 Å². The average Bonchev–Trinajstić information content (AvgIpc) is 2.79. The predicted octanol–water partition coefficient (Wildman–Crippen LogP) is 2.16. The van der Waals surface area contributed by atoms with E-state index in [1.54, 1.807) is 22.8 Å². The van der Waals surface area contributed by atoms with Gasteiger partial charge in [-0.05, 0) is 20.8 Å². The monoisotopic (exact) mass is 321 g/mol. The van der Waals surface area contributed by atoms with Crippen LogP contribution in [-0.2, 0) is 11.8 Å². The van der Waals surface area contributed by atoms with Gasteiger partial charge in [-0.2, -0.15) is 5.10 Å².